The maximum atomic E-state index is 9.62. The van der Waals surface area contributed by atoms with E-state index in [9.17, 15) is 5.11 Å². The highest BCUT2D eigenvalue weighted by atomic mass is 32.1. The molecule has 2 heterocycles. The molecular weight excluding hydrogens is 282 g/mol. The highest BCUT2D eigenvalue weighted by molar-refractivity contribution is 7.16. The van der Waals surface area contributed by atoms with E-state index in [1.54, 1.807) is 11.3 Å². The summed E-state index contributed by atoms with van der Waals surface area (Å²) in [7, 11) is 4.26. The van der Waals surface area contributed by atoms with Crippen LogP contribution in [-0.4, -0.2) is 48.2 Å². The molecule has 21 heavy (non-hydrogen) atoms. The van der Waals surface area contributed by atoms with Gasteiger partial charge in [-0.2, -0.15) is 0 Å². The fourth-order valence-corrected chi connectivity index (χ4v) is 3.72. The molecule has 1 aliphatic heterocycles. The Labute approximate surface area is 129 Å². The quantitative estimate of drug-likeness (QED) is 0.942. The molecule has 1 unspecified atom stereocenters. The second-order valence-corrected chi connectivity index (χ2v) is 6.71. The summed E-state index contributed by atoms with van der Waals surface area (Å²) < 4.78 is 0. The van der Waals surface area contributed by atoms with E-state index >= 15 is 0 Å². The number of aliphatic hydroxyl groups excluding tert-OH is 1. The third kappa shape index (κ3) is 2.95. The van der Waals surface area contributed by atoms with Crippen molar-refractivity contribution in [2.75, 3.05) is 32.1 Å². The molecular formula is C16H21N3OS. The average Bonchev–Trinajstić information content (AvgIpc) is 3.14. The third-order valence-corrected chi connectivity index (χ3v) is 5.14. The van der Waals surface area contributed by atoms with Gasteiger partial charge in [-0.15, -0.1) is 0 Å². The summed E-state index contributed by atoms with van der Waals surface area (Å²) in [6.45, 7) is 2.10. The number of likely N-dealkylation sites (N-methyl/N-ethyl adjacent to an activating group) is 1. The highest BCUT2D eigenvalue weighted by Crippen LogP contribution is 2.34. The van der Waals surface area contributed by atoms with E-state index in [2.05, 4.69) is 23.9 Å². The molecule has 1 N–H and O–H groups in total. The lowest BCUT2D eigenvalue weighted by molar-refractivity contribution is 0.286. The molecule has 1 aromatic carbocycles. The molecule has 1 aliphatic rings. The van der Waals surface area contributed by atoms with Crippen LogP contribution >= 0.6 is 11.3 Å². The number of thiazole rings is 1. The fourth-order valence-electron chi connectivity index (χ4n) is 2.74. The van der Waals surface area contributed by atoms with Crippen LogP contribution in [0.15, 0.2) is 30.3 Å². The van der Waals surface area contributed by atoms with Gasteiger partial charge < -0.3 is 14.9 Å². The summed E-state index contributed by atoms with van der Waals surface area (Å²) in [6.07, 6.45) is 1.17. The van der Waals surface area contributed by atoms with E-state index in [1.165, 1.54) is 6.42 Å². The summed E-state index contributed by atoms with van der Waals surface area (Å²) in [6, 6.07) is 10.7. The maximum absolute atomic E-state index is 9.62. The van der Waals surface area contributed by atoms with Crippen molar-refractivity contribution < 1.29 is 5.11 Å². The Balaban J connectivity index is 1.87. The highest BCUT2D eigenvalue weighted by Gasteiger charge is 2.27. The Morgan fingerprint density at radius 2 is 2.10 bits per heavy atom. The van der Waals surface area contributed by atoms with Crippen molar-refractivity contribution in [3.05, 3.63) is 35.2 Å². The van der Waals surface area contributed by atoms with Crippen molar-refractivity contribution in [1.29, 1.82) is 0 Å². The molecule has 2 aromatic rings. The summed E-state index contributed by atoms with van der Waals surface area (Å²) in [5, 5.41) is 10.6. The molecule has 112 valence electrons. The van der Waals surface area contributed by atoms with Crippen LogP contribution in [0.5, 0.6) is 0 Å². The summed E-state index contributed by atoms with van der Waals surface area (Å²) >= 11 is 1.61. The Morgan fingerprint density at radius 1 is 1.33 bits per heavy atom. The Bertz CT molecular complexity index is 597. The molecule has 0 amide bonds. The minimum Gasteiger partial charge on any atom is -0.391 e. The van der Waals surface area contributed by atoms with E-state index in [-0.39, 0.29) is 6.61 Å². The van der Waals surface area contributed by atoms with E-state index in [0.29, 0.717) is 6.04 Å². The zero-order chi connectivity index (χ0) is 14.8. The fraction of sp³-hybridized carbons (Fsp3) is 0.438. The molecule has 3 rings (SSSR count). The minimum atomic E-state index is 0.0485. The lowest BCUT2D eigenvalue weighted by Crippen LogP contribution is -2.31. The molecule has 1 aromatic heterocycles. The number of hydrogen-bond donors (Lipinski definition) is 1. The van der Waals surface area contributed by atoms with Gasteiger partial charge >= 0.3 is 0 Å². The van der Waals surface area contributed by atoms with E-state index in [4.69, 9.17) is 4.98 Å². The molecule has 0 saturated carbocycles. The number of anilines is 1. The second kappa shape index (κ2) is 6.13. The van der Waals surface area contributed by atoms with E-state index in [0.717, 1.165) is 34.4 Å². The molecule has 1 fully saturated rings. The smallest absolute Gasteiger partial charge is 0.186 e. The lowest BCUT2D eigenvalue weighted by Gasteiger charge is -2.19. The standard InChI is InChI=1S/C16H21N3OS/c1-18(2)13-8-9-19(10-13)16-17-15(14(11-20)21-16)12-6-4-3-5-7-12/h3-7,13,20H,8-11H2,1-2H3. The predicted octanol–water partition coefficient (Wildman–Crippen LogP) is 2.44. The van der Waals surface area contributed by atoms with Gasteiger partial charge in [0.1, 0.15) is 0 Å². The van der Waals surface area contributed by atoms with Gasteiger partial charge in [-0.05, 0) is 20.5 Å². The van der Waals surface area contributed by atoms with Crippen molar-refractivity contribution in [1.82, 2.24) is 9.88 Å². The van der Waals surface area contributed by atoms with Crippen LogP contribution in [0.2, 0.25) is 0 Å². The van der Waals surface area contributed by atoms with Crippen LogP contribution in [0.3, 0.4) is 0 Å². The van der Waals surface area contributed by atoms with Crippen LogP contribution in [0, 0.1) is 0 Å². The van der Waals surface area contributed by atoms with Gasteiger partial charge in [0.25, 0.3) is 0 Å². The molecule has 1 atom stereocenters. The van der Waals surface area contributed by atoms with Gasteiger partial charge in [0.2, 0.25) is 0 Å². The zero-order valence-corrected chi connectivity index (χ0v) is 13.3. The summed E-state index contributed by atoms with van der Waals surface area (Å²) in [5.74, 6) is 0. The van der Waals surface area contributed by atoms with Crippen LogP contribution < -0.4 is 4.90 Å². The summed E-state index contributed by atoms with van der Waals surface area (Å²) in [5.41, 5.74) is 2.00. The molecule has 5 heteroatoms. The number of hydrogen-bond acceptors (Lipinski definition) is 5. The third-order valence-electron chi connectivity index (χ3n) is 4.04. The normalized spacial score (nSPS) is 18.7. The van der Waals surface area contributed by atoms with Crippen LogP contribution in [0.4, 0.5) is 5.13 Å². The predicted molar refractivity (Wildman–Crippen MR) is 87.8 cm³/mol. The molecule has 0 radical (unpaired) electrons. The SMILES string of the molecule is CN(C)C1CCN(c2nc(-c3ccccc3)c(CO)s2)C1. The molecule has 0 spiro atoms. The Morgan fingerprint density at radius 3 is 2.71 bits per heavy atom. The van der Waals surface area contributed by atoms with E-state index in [1.807, 2.05) is 30.3 Å². The first-order valence-corrected chi connectivity index (χ1v) is 8.08. The van der Waals surface area contributed by atoms with Crippen LogP contribution in [0.25, 0.3) is 11.3 Å². The number of aromatic nitrogens is 1. The molecule has 0 aliphatic carbocycles. The Hall–Kier alpha value is -1.43. The Kier molecular flexibility index (Phi) is 4.24. The monoisotopic (exact) mass is 303 g/mol. The first-order valence-electron chi connectivity index (χ1n) is 7.26. The topological polar surface area (TPSA) is 39.6 Å². The largest absolute Gasteiger partial charge is 0.391 e. The maximum Gasteiger partial charge on any atom is 0.186 e. The van der Waals surface area contributed by atoms with E-state index < -0.39 is 0 Å². The van der Waals surface area contributed by atoms with Gasteiger partial charge in [-0.3, -0.25) is 0 Å². The van der Waals surface area contributed by atoms with Gasteiger partial charge in [-0.25, -0.2) is 4.98 Å². The van der Waals surface area contributed by atoms with Crippen molar-refractivity contribution in [3.63, 3.8) is 0 Å². The van der Waals surface area contributed by atoms with Gasteiger partial charge in [0, 0.05) is 24.7 Å². The number of nitrogens with zero attached hydrogens (tertiary/aromatic N) is 3. The lowest BCUT2D eigenvalue weighted by atomic mass is 10.1. The zero-order valence-electron chi connectivity index (χ0n) is 12.5. The number of aliphatic hydroxyl groups is 1. The van der Waals surface area contributed by atoms with Gasteiger partial charge in [0.15, 0.2) is 5.13 Å². The van der Waals surface area contributed by atoms with Crippen molar-refractivity contribution >= 4 is 16.5 Å². The first kappa shape index (κ1) is 14.5. The van der Waals surface area contributed by atoms with Crippen molar-refractivity contribution in [2.24, 2.45) is 0 Å². The first-order chi connectivity index (χ1) is 10.2. The number of rotatable bonds is 4. The minimum absolute atomic E-state index is 0.0485. The summed E-state index contributed by atoms with van der Waals surface area (Å²) in [4.78, 5) is 10.4. The van der Waals surface area contributed by atoms with Gasteiger partial charge in [0.05, 0.1) is 17.2 Å². The van der Waals surface area contributed by atoms with Crippen LogP contribution in [0.1, 0.15) is 11.3 Å². The average molecular weight is 303 g/mol. The van der Waals surface area contributed by atoms with Gasteiger partial charge in [-0.1, -0.05) is 41.7 Å². The second-order valence-electron chi connectivity index (χ2n) is 5.64. The molecule has 0 bridgehead atoms. The molecule has 1 saturated heterocycles. The van der Waals surface area contributed by atoms with Crippen molar-refractivity contribution in [2.45, 2.75) is 19.1 Å². The van der Waals surface area contributed by atoms with Crippen LogP contribution in [-0.2, 0) is 6.61 Å². The number of benzene rings is 1. The van der Waals surface area contributed by atoms with Crippen molar-refractivity contribution in [3.8, 4) is 11.3 Å². The molecule has 4 nitrogen and oxygen atoms in total.